The molecule has 2 N–H and O–H groups in total. The molecular formula is C16H32O4. The molecule has 0 amide bonds. The van der Waals surface area contributed by atoms with E-state index in [1.807, 2.05) is 0 Å². The van der Waals surface area contributed by atoms with E-state index >= 15 is 0 Å². The molecule has 0 spiro atoms. The van der Waals surface area contributed by atoms with Crippen LogP contribution in [0.5, 0.6) is 0 Å². The normalized spacial score (nSPS) is 24.1. The van der Waals surface area contributed by atoms with Gasteiger partial charge in [0.1, 0.15) is 0 Å². The van der Waals surface area contributed by atoms with Crippen LogP contribution in [0.25, 0.3) is 0 Å². The number of aliphatic hydroxyl groups excluding tert-OH is 2. The Kier molecular flexibility index (Phi) is 10.3. The zero-order chi connectivity index (χ0) is 14.6. The average Bonchev–Trinajstić information content (AvgIpc) is 2.85. The monoisotopic (exact) mass is 288 g/mol. The molecule has 1 fully saturated rings. The Hall–Kier alpha value is -0.160. The van der Waals surface area contributed by atoms with Crippen molar-refractivity contribution in [2.24, 2.45) is 0 Å². The Morgan fingerprint density at radius 2 is 1.85 bits per heavy atom. The zero-order valence-electron chi connectivity index (χ0n) is 12.9. The summed E-state index contributed by atoms with van der Waals surface area (Å²) >= 11 is 0. The standard InChI is InChI=1S/C16H32O4/c1-2-3-4-5-6-7-8-9-16(18)20-15-11-13-19-14(15)10-12-17/h14-18H,2-13H2,1H3/t14-,15?,16?/m1/s1. The molecule has 1 aliphatic heterocycles. The number of ether oxygens (including phenoxy) is 2. The first kappa shape index (κ1) is 17.9. The molecule has 2 unspecified atom stereocenters. The highest BCUT2D eigenvalue weighted by Crippen LogP contribution is 2.22. The molecule has 3 atom stereocenters. The van der Waals surface area contributed by atoms with Gasteiger partial charge in [-0.15, -0.1) is 0 Å². The summed E-state index contributed by atoms with van der Waals surface area (Å²) in [6.07, 6.45) is 10.0. The van der Waals surface area contributed by atoms with Crippen molar-refractivity contribution in [3.63, 3.8) is 0 Å². The molecule has 0 aromatic heterocycles. The lowest BCUT2D eigenvalue weighted by Gasteiger charge is -2.21. The third kappa shape index (κ3) is 7.58. The molecule has 1 saturated heterocycles. The molecule has 1 rings (SSSR count). The molecule has 0 saturated carbocycles. The first-order valence-corrected chi connectivity index (χ1v) is 8.34. The van der Waals surface area contributed by atoms with Crippen molar-refractivity contribution >= 4 is 0 Å². The van der Waals surface area contributed by atoms with Crippen LogP contribution >= 0.6 is 0 Å². The lowest BCUT2D eigenvalue weighted by Crippen LogP contribution is -2.30. The summed E-state index contributed by atoms with van der Waals surface area (Å²) in [4.78, 5) is 0. The molecule has 4 heteroatoms. The van der Waals surface area contributed by atoms with Crippen molar-refractivity contribution in [3.05, 3.63) is 0 Å². The van der Waals surface area contributed by atoms with Gasteiger partial charge >= 0.3 is 0 Å². The van der Waals surface area contributed by atoms with Gasteiger partial charge in [-0.2, -0.15) is 0 Å². The highest BCUT2D eigenvalue weighted by atomic mass is 16.6. The number of aliphatic hydroxyl groups is 2. The number of hydrogen-bond donors (Lipinski definition) is 2. The Bertz CT molecular complexity index is 223. The summed E-state index contributed by atoms with van der Waals surface area (Å²) in [5.41, 5.74) is 0. The molecule has 1 heterocycles. The zero-order valence-corrected chi connectivity index (χ0v) is 12.9. The van der Waals surface area contributed by atoms with Crippen LogP contribution in [0.4, 0.5) is 0 Å². The number of unbranched alkanes of at least 4 members (excludes halogenated alkanes) is 6. The van der Waals surface area contributed by atoms with Crippen LogP contribution in [0.3, 0.4) is 0 Å². The molecule has 120 valence electrons. The summed E-state index contributed by atoms with van der Waals surface area (Å²) in [7, 11) is 0. The van der Waals surface area contributed by atoms with Crippen LogP contribution < -0.4 is 0 Å². The van der Waals surface area contributed by atoms with Gasteiger partial charge in [0, 0.05) is 13.2 Å². The lowest BCUT2D eigenvalue weighted by molar-refractivity contribution is -0.155. The SMILES string of the molecule is CCCCCCCCCC(O)OC1CCO[C@@H]1CCO. The van der Waals surface area contributed by atoms with Crippen LogP contribution in [0.2, 0.25) is 0 Å². The van der Waals surface area contributed by atoms with Gasteiger partial charge in [0.15, 0.2) is 6.29 Å². The van der Waals surface area contributed by atoms with Gasteiger partial charge in [-0.1, -0.05) is 45.4 Å². The second-order valence-corrected chi connectivity index (χ2v) is 5.75. The van der Waals surface area contributed by atoms with Crippen molar-refractivity contribution in [2.45, 2.75) is 89.6 Å². The summed E-state index contributed by atoms with van der Waals surface area (Å²) in [5.74, 6) is 0. The second-order valence-electron chi connectivity index (χ2n) is 5.75. The fourth-order valence-corrected chi connectivity index (χ4v) is 2.73. The lowest BCUT2D eigenvalue weighted by atomic mass is 10.1. The molecule has 0 aromatic rings. The van der Waals surface area contributed by atoms with Gasteiger partial charge in [-0.05, 0) is 25.7 Å². The van der Waals surface area contributed by atoms with E-state index in [1.54, 1.807) is 0 Å². The van der Waals surface area contributed by atoms with Crippen molar-refractivity contribution in [3.8, 4) is 0 Å². The Labute approximate surface area is 123 Å². The Morgan fingerprint density at radius 1 is 1.15 bits per heavy atom. The van der Waals surface area contributed by atoms with Crippen molar-refractivity contribution in [1.29, 1.82) is 0 Å². The summed E-state index contributed by atoms with van der Waals surface area (Å²) in [5, 5.41) is 18.8. The Morgan fingerprint density at radius 3 is 2.55 bits per heavy atom. The third-order valence-corrected chi connectivity index (χ3v) is 3.95. The number of hydrogen-bond acceptors (Lipinski definition) is 4. The quantitative estimate of drug-likeness (QED) is 0.428. The predicted molar refractivity (Wildman–Crippen MR) is 79.5 cm³/mol. The van der Waals surface area contributed by atoms with E-state index in [0.29, 0.717) is 19.4 Å². The van der Waals surface area contributed by atoms with Gasteiger partial charge in [0.05, 0.1) is 12.2 Å². The van der Waals surface area contributed by atoms with Gasteiger partial charge in [-0.3, -0.25) is 0 Å². The molecule has 0 radical (unpaired) electrons. The topological polar surface area (TPSA) is 58.9 Å². The third-order valence-electron chi connectivity index (χ3n) is 3.95. The fraction of sp³-hybridized carbons (Fsp3) is 1.00. The molecule has 0 aromatic carbocycles. The highest BCUT2D eigenvalue weighted by molar-refractivity contribution is 4.77. The molecule has 20 heavy (non-hydrogen) atoms. The Balaban J connectivity index is 2.00. The fourth-order valence-electron chi connectivity index (χ4n) is 2.73. The maximum absolute atomic E-state index is 9.90. The van der Waals surface area contributed by atoms with Gasteiger partial charge < -0.3 is 19.7 Å². The first-order chi connectivity index (χ1) is 9.77. The largest absolute Gasteiger partial charge is 0.396 e. The van der Waals surface area contributed by atoms with E-state index in [1.165, 1.54) is 38.5 Å². The first-order valence-electron chi connectivity index (χ1n) is 8.34. The van der Waals surface area contributed by atoms with Gasteiger partial charge in [0.2, 0.25) is 0 Å². The van der Waals surface area contributed by atoms with E-state index < -0.39 is 6.29 Å². The minimum absolute atomic E-state index is 0.0521. The van der Waals surface area contributed by atoms with Crippen LogP contribution in [-0.4, -0.2) is 41.9 Å². The average molecular weight is 288 g/mol. The van der Waals surface area contributed by atoms with Crippen molar-refractivity contribution in [2.75, 3.05) is 13.2 Å². The smallest absolute Gasteiger partial charge is 0.155 e. The molecule has 4 nitrogen and oxygen atoms in total. The van der Waals surface area contributed by atoms with Crippen LogP contribution in [-0.2, 0) is 9.47 Å². The van der Waals surface area contributed by atoms with E-state index in [2.05, 4.69) is 6.92 Å². The van der Waals surface area contributed by atoms with Crippen LogP contribution in [0.1, 0.15) is 71.1 Å². The van der Waals surface area contributed by atoms with Crippen LogP contribution in [0, 0.1) is 0 Å². The van der Waals surface area contributed by atoms with E-state index in [9.17, 15) is 5.11 Å². The maximum Gasteiger partial charge on any atom is 0.155 e. The minimum atomic E-state index is -0.682. The van der Waals surface area contributed by atoms with E-state index in [0.717, 1.165) is 12.8 Å². The van der Waals surface area contributed by atoms with Crippen molar-refractivity contribution in [1.82, 2.24) is 0 Å². The minimum Gasteiger partial charge on any atom is -0.396 e. The van der Waals surface area contributed by atoms with Crippen LogP contribution in [0.15, 0.2) is 0 Å². The molecule has 1 aliphatic rings. The molecular weight excluding hydrogens is 256 g/mol. The molecule has 0 bridgehead atoms. The van der Waals surface area contributed by atoms with E-state index in [-0.39, 0.29) is 18.8 Å². The van der Waals surface area contributed by atoms with Gasteiger partial charge in [-0.25, -0.2) is 0 Å². The van der Waals surface area contributed by atoms with Gasteiger partial charge in [0.25, 0.3) is 0 Å². The van der Waals surface area contributed by atoms with E-state index in [4.69, 9.17) is 14.6 Å². The van der Waals surface area contributed by atoms with Crippen molar-refractivity contribution < 1.29 is 19.7 Å². The summed E-state index contributed by atoms with van der Waals surface area (Å²) in [6.45, 7) is 3.00. The highest BCUT2D eigenvalue weighted by Gasteiger charge is 2.30. The number of rotatable bonds is 12. The summed E-state index contributed by atoms with van der Waals surface area (Å²) in [6, 6.07) is 0. The molecule has 0 aliphatic carbocycles. The summed E-state index contributed by atoms with van der Waals surface area (Å²) < 4.78 is 11.1. The second kappa shape index (κ2) is 11.5. The maximum atomic E-state index is 9.90. The predicted octanol–water partition coefficient (Wildman–Crippen LogP) is 3.00.